The highest BCUT2D eigenvalue weighted by atomic mass is 16.5. The van der Waals surface area contributed by atoms with Gasteiger partial charge in [-0.1, -0.05) is 30.3 Å². The number of fused-ring (bicyclic) bond motifs is 1. The van der Waals surface area contributed by atoms with Crippen LogP contribution in [0.3, 0.4) is 0 Å². The van der Waals surface area contributed by atoms with E-state index >= 15 is 0 Å². The molecule has 0 bridgehead atoms. The van der Waals surface area contributed by atoms with Crippen molar-refractivity contribution in [3.8, 4) is 0 Å². The Hall–Kier alpha value is -2.71. The molecule has 0 spiro atoms. The zero-order chi connectivity index (χ0) is 24.4. The molecule has 1 aromatic carbocycles. The van der Waals surface area contributed by atoms with E-state index in [1.807, 2.05) is 17.2 Å². The first-order valence-electron chi connectivity index (χ1n) is 13.0. The van der Waals surface area contributed by atoms with Gasteiger partial charge in [0, 0.05) is 57.2 Å². The van der Waals surface area contributed by atoms with Crippen LogP contribution in [-0.2, 0) is 17.7 Å². The molecule has 2 amide bonds. The molecule has 2 fully saturated rings. The maximum absolute atomic E-state index is 14.0. The minimum atomic E-state index is 0.0459. The summed E-state index contributed by atoms with van der Waals surface area (Å²) in [6.45, 7) is 11.1. The molecule has 2 aromatic rings. The van der Waals surface area contributed by atoms with E-state index in [0.29, 0.717) is 24.6 Å². The van der Waals surface area contributed by atoms with Gasteiger partial charge in [-0.15, -0.1) is 0 Å². The van der Waals surface area contributed by atoms with Gasteiger partial charge >= 0.3 is 6.03 Å². The van der Waals surface area contributed by atoms with Crippen LogP contribution in [0.4, 0.5) is 10.7 Å². The third kappa shape index (κ3) is 5.28. The largest absolute Gasteiger partial charge is 0.381 e. The van der Waals surface area contributed by atoms with Crippen molar-refractivity contribution in [1.82, 2.24) is 24.7 Å². The second-order valence-electron chi connectivity index (χ2n) is 10.4. The molecule has 8 heteroatoms. The smallest absolute Gasteiger partial charge is 0.321 e. The van der Waals surface area contributed by atoms with Crippen LogP contribution < -0.4 is 5.32 Å². The summed E-state index contributed by atoms with van der Waals surface area (Å²) in [7, 11) is 0. The predicted octanol–water partition coefficient (Wildman–Crippen LogP) is 3.70. The van der Waals surface area contributed by atoms with Gasteiger partial charge in [-0.25, -0.2) is 14.8 Å². The molecule has 1 N–H and O–H groups in total. The van der Waals surface area contributed by atoms with E-state index in [0.717, 1.165) is 63.4 Å². The number of carbonyl (C=O) groups is 1. The summed E-state index contributed by atoms with van der Waals surface area (Å²) in [4.78, 5) is 30.0. The van der Waals surface area contributed by atoms with Gasteiger partial charge in [0.2, 0.25) is 5.95 Å². The molecule has 188 valence electrons. The molecule has 0 saturated carbocycles. The van der Waals surface area contributed by atoms with Crippen LogP contribution in [0.5, 0.6) is 0 Å². The normalized spacial score (nSPS) is 23.9. The summed E-state index contributed by atoms with van der Waals surface area (Å²) in [6.07, 6.45) is 4.65. The highest BCUT2D eigenvalue weighted by molar-refractivity contribution is 5.76. The number of urea groups is 1. The number of nitrogens with one attached hydrogen (secondary N) is 1. The third-order valence-corrected chi connectivity index (χ3v) is 7.69. The quantitative estimate of drug-likeness (QED) is 0.722. The summed E-state index contributed by atoms with van der Waals surface area (Å²) in [5.41, 5.74) is 3.29. The minimum absolute atomic E-state index is 0.0459. The summed E-state index contributed by atoms with van der Waals surface area (Å²) in [6, 6.07) is 11.5. The standard InChI is InChI=1S/C27H38N6O2/c1-19(2)31-11-12-32(25(18-31)21-7-5-4-6-8-21)27(34)33-17-24-22(15-20(33)3)16-28-26(30-24)29-23-9-13-35-14-10-23/h4-8,16,19-20,23,25H,9-15,17-18H2,1-3H3,(H,28,29,30)/t20-,25-/m1/s1. The molecule has 3 aliphatic rings. The van der Waals surface area contributed by atoms with Crippen LogP contribution in [0.15, 0.2) is 36.5 Å². The molecular formula is C27H38N6O2. The molecule has 35 heavy (non-hydrogen) atoms. The Labute approximate surface area is 208 Å². The number of ether oxygens (including phenoxy) is 1. The van der Waals surface area contributed by atoms with Crippen LogP contribution in [0, 0.1) is 0 Å². The Bertz CT molecular complexity index is 1010. The lowest BCUT2D eigenvalue weighted by Gasteiger charge is -2.46. The Kier molecular flexibility index (Phi) is 7.20. The molecule has 3 aliphatic heterocycles. The Morgan fingerprint density at radius 1 is 1.11 bits per heavy atom. The fourth-order valence-corrected chi connectivity index (χ4v) is 5.47. The number of carbonyl (C=O) groups excluding carboxylic acids is 1. The number of hydrogen-bond donors (Lipinski definition) is 1. The number of nitrogens with zero attached hydrogens (tertiary/aromatic N) is 5. The monoisotopic (exact) mass is 478 g/mol. The molecule has 8 nitrogen and oxygen atoms in total. The number of aromatic nitrogens is 2. The number of piperazine rings is 1. The van der Waals surface area contributed by atoms with Crippen molar-refractivity contribution in [2.45, 2.75) is 70.7 Å². The van der Waals surface area contributed by atoms with Crippen molar-refractivity contribution in [3.63, 3.8) is 0 Å². The van der Waals surface area contributed by atoms with Gasteiger partial charge in [0.15, 0.2) is 0 Å². The molecule has 1 aromatic heterocycles. The second kappa shape index (κ2) is 10.5. The van der Waals surface area contributed by atoms with E-state index < -0.39 is 0 Å². The van der Waals surface area contributed by atoms with Gasteiger partial charge in [-0.05, 0) is 51.2 Å². The first kappa shape index (κ1) is 24.0. The molecule has 0 unspecified atom stereocenters. The zero-order valence-corrected chi connectivity index (χ0v) is 21.2. The first-order valence-corrected chi connectivity index (χ1v) is 13.0. The molecule has 5 rings (SSSR count). The van der Waals surface area contributed by atoms with Crippen LogP contribution in [-0.4, -0.2) is 81.7 Å². The lowest BCUT2D eigenvalue weighted by Crippen LogP contribution is -2.57. The van der Waals surface area contributed by atoms with Crippen molar-refractivity contribution < 1.29 is 9.53 Å². The van der Waals surface area contributed by atoms with Gasteiger partial charge in [0.05, 0.1) is 18.3 Å². The second-order valence-corrected chi connectivity index (χ2v) is 10.4. The van der Waals surface area contributed by atoms with Crippen molar-refractivity contribution >= 4 is 12.0 Å². The maximum Gasteiger partial charge on any atom is 0.321 e. The zero-order valence-electron chi connectivity index (χ0n) is 21.2. The predicted molar refractivity (Wildman–Crippen MR) is 136 cm³/mol. The van der Waals surface area contributed by atoms with Gasteiger partial charge in [-0.3, -0.25) is 4.90 Å². The number of amides is 2. The first-order chi connectivity index (χ1) is 17.0. The van der Waals surface area contributed by atoms with Crippen molar-refractivity contribution in [2.24, 2.45) is 0 Å². The summed E-state index contributed by atoms with van der Waals surface area (Å²) >= 11 is 0. The van der Waals surface area contributed by atoms with Crippen LogP contribution in [0.25, 0.3) is 0 Å². The topological polar surface area (TPSA) is 73.8 Å². The van der Waals surface area contributed by atoms with Gasteiger partial charge in [0.1, 0.15) is 0 Å². The lowest BCUT2D eigenvalue weighted by atomic mass is 9.99. The molecule has 2 saturated heterocycles. The lowest BCUT2D eigenvalue weighted by molar-refractivity contribution is 0.0511. The highest BCUT2D eigenvalue weighted by Gasteiger charge is 2.37. The minimum Gasteiger partial charge on any atom is -0.381 e. The SMILES string of the molecule is CC(C)N1CCN(C(=O)N2Cc3nc(NC4CCOCC4)ncc3C[C@H]2C)[C@@H](c2ccccc2)C1. The maximum atomic E-state index is 14.0. The average molecular weight is 479 g/mol. The van der Waals surface area contributed by atoms with E-state index in [1.54, 1.807) is 0 Å². The summed E-state index contributed by atoms with van der Waals surface area (Å²) < 4.78 is 5.47. The average Bonchev–Trinajstić information content (AvgIpc) is 2.89. The molecule has 0 radical (unpaired) electrons. The third-order valence-electron chi connectivity index (χ3n) is 7.69. The number of anilines is 1. The van der Waals surface area contributed by atoms with Crippen molar-refractivity contribution in [2.75, 3.05) is 38.2 Å². The fraction of sp³-hybridized carbons (Fsp3) is 0.593. The Morgan fingerprint density at radius 2 is 1.89 bits per heavy atom. The van der Waals surface area contributed by atoms with Crippen LogP contribution in [0.1, 0.15) is 56.5 Å². The van der Waals surface area contributed by atoms with Gasteiger partial charge < -0.3 is 19.9 Å². The molecular weight excluding hydrogens is 440 g/mol. The fourth-order valence-electron chi connectivity index (χ4n) is 5.47. The van der Waals surface area contributed by atoms with Crippen LogP contribution >= 0.6 is 0 Å². The van der Waals surface area contributed by atoms with Crippen molar-refractivity contribution in [3.05, 3.63) is 53.3 Å². The highest BCUT2D eigenvalue weighted by Crippen LogP contribution is 2.30. The molecule has 2 atom stereocenters. The van der Waals surface area contributed by atoms with E-state index in [2.05, 4.69) is 65.1 Å². The number of benzene rings is 1. The summed E-state index contributed by atoms with van der Waals surface area (Å²) in [5.74, 6) is 0.658. The summed E-state index contributed by atoms with van der Waals surface area (Å²) in [5, 5.41) is 3.47. The Morgan fingerprint density at radius 3 is 2.63 bits per heavy atom. The van der Waals surface area contributed by atoms with E-state index in [9.17, 15) is 4.79 Å². The van der Waals surface area contributed by atoms with Gasteiger partial charge in [-0.2, -0.15) is 0 Å². The molecule has 4 heterocycles. The number of rotatable bonds is 4. The van der Waals surface area contributed by atoms with E-state index in [1.165, 1.54) is 5.56 Å². The van der Waals surface area contributed by atoms with Crippen molar-refractivity contribution in [1.29, 1.82) is 0 Å². The molecule has 0 aliphatic carbocycles. The van der Waals surface area contributed by atoms with E-state index in [-0.39, 0.29) is 18.1 Å². The van der Waals surface area contributed by atoms with E-state index in [4.69, 9.17) is 9.72 Å². The van der Waals surface area contributed by atoms with Crippen LogP contribution in [0.2, 0.25) is 0 Å². The Balaban J connectivity index is 1.34. The number of hydrogen-bond acceptors (Lipinski definition) is 6. The van der Waals surface area contributed by atoms with Gasteiger partial charge in [0.25, 0.3) is 0 Å².